The van der Waals surface area contributed by atoms with E-state index in [-0.39, 0.29) is 17.9 Å². The van der Waals surface area contributed by atoms with Crippen LogP contribution in [0.2, 0.25) is 0 Å². The number of rotatable bonds is 6. The van der Waals surface area contributed by atoms with E-state index in [4.69, 9.17) is 0 Å². The van der Waals surface area contributed by atoms with E-state index < -0.39 is 0 Å². The number of nitrogens with one attached hydrogen (secondary N) is 1. The summed E-state index contributed by atoms with van der Waals surface area (Å²) in [5.41, 5.74) is 3.16. The second kappa shape index (κ2) is 9.75. The Kier molecular flexibility index (Phi) is 6.42. The lowest BCUT2D eigenvalue weighted by Crippen LogP contribution is -2.31. The van der Waals surface area contributed by atoms with Crippen molar-refractivity contribution < 1.29 is 9.59 Å². The second-order valence-electron chi connectivity index (χ2n) is 7.46. The molecule has 0 saturated carbocycles. The van der Waals surface area contributed by atoms with Crippen molar-refractivity contribution in [1.29, 1.82) is 0 Å². The summed E-state index contributed by atoms with van der Waals surface area (Å²) in [6, 6.07) is 35.4. The van der Waals surface area contributed by atoms with Crippen molar-refractivity contribution >= 4 is 23.2 Å². The summed E-state index contributed by atoms with van der Waals surface area (Å²) < 4.78 is 0. The van der Waals surface area contributed by atoms with Crippen LogP contribution in [0, 0.1) is 0 Å². The SMILES string of the molecule is C[C@H](NC(=O)c1ccccc1C(=O)N(c1ccccc1)c1ccccc1)c1ccccc1. The summed E-state index contributed by atoms with van der Waals surface area (Å²) in [6.45, 7) is 1.93. The van der Waals surface area contributed by atoms with Crippen LogP contribution in [0.1, 0.15) is 39.2 Å². The number of benzene rings is 4. The lowest BCUT2D eigenvalue weighted by Gasteiger charge is -2.24. The molecule has 0 aliphatic rings. The second-order valence-corrected chi connectivity index (χ2v) is 7.46. The van der Waals surface area contributed by atoms with Gasteiger partial charge in [0.25, 0.3) is 11.8 Å². The van der Waals surface area contributed by atoms with E-state index >= 15 is 0 Å². The number of carbonyl (C=O) groups excluding carboxylic acids is 2. The molecule has 0 fully saturated rings. The summed E-state index contributed by atoms with van der Waals surface area (Å²) in [5.74, 6) is -0.549. The molecule has 4 rings (SSSR count). The minimum Gasteiger partial charge on any atom is -0.345 e. The zero-order valence-corrected chi connectivity index (χ0v) is 17.8. The lowest BCUT2D eigenvalue weighted by molar-refractivity contribution is 0.0924. The van der Waals surface area contributed by atoms with Gasteiger partial charge in [-0.1, -0.05) is 78.9 Å². The van der Waals surface area contributed by atoms with Crippen LogP contribution in [-0.2, 0) is 0 Å². The molecule has 0 bridgehead atoms. The van der Waals surface area contributed by atoms with Gasteiger partial charge < -0.3 is 5.32 Å². The Bertz CT molecular complexity index is 1150. The first-order valence-electron chi connectivity index (χ1n) is 10.5. The molecule has 0 aliphatic heterocycles. The number of hydrogen-bond acceptors (Lipinski definition) is 2. The molecule has 0 aromatic heterocycles. The molecule has 0 radical (unpaired) electrons. The van der Waals surface area contributed by atoms with Gasteiger partial charge in [0.15, 0.2) is 0 Å². The Morgan fingerprint density at radius 1 is 0.625 bits per heavy atom. The van der Waals surface area contributed by atoms with E-state index in [9.17, 15) is 9.59 Å². The molecule has 4 aromatic rings. The third-order valence-corrected chi connectivity index (χ3v) is 5.28. The first-order chi connectivity index (χ1) is 15.6. The zero-order chi connectivity index (χ0) is 22.3. The minimum absolute atomic E-state index is 0.189. The summed E-state index contributed by atoms with van der Waals surface area (Å²) in [5, 5.41) is 3.02. The third-order valence-electron chi connectivity index (χ3n) is 5.28. The van der Waals surface area contributed by atoms with Gasteiger partial charge >= 0.3 is 0 Å². The van der Waals surface area contributed by atoms with Gasteiger partial charge in [0.1, 0.15) is 0 Å². The van der Waals surface area contributed by atoms with Crippen LogP contribution in [0.4, 0.5) is 11.4 Å². The highest BCUT2D eigenvalue weighted by Gasteiger charge is 2.25. The average molecular weight is 421 g/mol. The zero-order valence-electron chi connectivity index (χ0n) is 17.8. The molecule has 0 aliphatic carbocycles. The number of carbonyl (C=O) groups is 2. The molecule has 1 atom stereocenters. The predicted molar refractivity (Wildman–Crippen MR) is 128 cm³/mol. The van der Waals surface area contributed by atoms with Crippen LogP contribution >= 0.6 is 0 Å². The maximum Gasteiger partial charge on any atom is 0.263 e. The van der Waals surface area contributed by atoms with Crippen molar-refractivity contribution in [2.75, 3.05) is 4.90 Å². The quantitative estimate of drug-likeness (QED) is 0.406. The van der Waals surface area contributed by atoms with Crippen LogP contribution in [-0.4, -0.2) is 11.8 Å². The summed E-state index contributed by atoms with van der Waals surface area (Å²) in [7, 11) is 0. The van der Waals surface area contributed by atoms with Crippen LogP contribution in [0.25, 0.3) is 0 Å². The molecular weight excluding hydrogens is 396 g/mol. The van der Waals surface area contributed by atoms with Crippen molar-refractivity contribution in [3.8, 4) is 0 Å². The van der Waals surface area contributed by atoms with Crippen molar-refractivity contribution in [3.63, 3.8) is 0 Å². The van der Waals surface area contributed by atoms with E-state index in [1.165, 1.54) is 0 Å². The third kappa shape index (κ3) is 4.60. The first-order valence-corrected chi connectivity index (χ1v) is 10.5. The highest BCUT2D eigenvalue weighted by Crippen LogP contribution is 2.28. The van der Waals surface area contributed by atoms with E-state index in [1.807, 2.05) is 97.9 Å². The number of para-hydroxylation sites is 2. The van der Waals surface area contributed by atoms with Crippen LogP contribution in [0.15, 0.2) is 115 Å². The molecule has 0 saturated heterocycles. The Labute approximate surface area is 188 Å². The number of nitrogens with zero attached hydrogens (tertiary/aromatic N) is 1. The van der Waals surface area contributed by atoms with Crippen molar-refractivity contribution in [3.05, 3.63) is 132 Å². The molecule has 4 nitrogen and oxygen atoms in total. The van der Waals surface area contributed by atoms with Crippen LogP contribution in [0.5, 0.6) is 0 Å². The Hall–Kier alpha value is -4.18. The maximum absolute atomic E-state index is 13.8. The van der Waals surface area contributed by atoms with E-state index in [0.29, 0.717) is 11.1 Å². The summed E-state index contributed by atoms with van der Waals surface area (Å²) in [6.07, 6.45) is 0. The number of hydrogen-bond donors (Lipinski definition) is 1. The highest BCUT2D eigenvalue weighted by molar-refractivity contribution is 6.16. The molecule has 0 heterocycles. The van der Waals surface area contributed by atoms with Gasteiger partial charge in [-0.2, -0.15) is 0 Å². The molecule has 32 heavy (non-hydrogen) atoms. The van der Waals surface area contributed by atoms with Gasteiger partial charge in [-0.3, -0.25) is 14.5 Å². The largest absolute Gasteiger partial charge is 0.345 e. The van der Waals surface area contributed by atoms with Crippen molar-refractivity contribution in [1.82, 2.24) is 5.32 Å². The fourth-order valence-corrected chi connectivity index (χ4v) is 3.63. The Balaban J connectivity index is 1.68. The minimum atomic E-state index is -0.286. The average Bonchev–Trinajstić information content (AvgIpc) is 2.86. The summed E-state index contributed by atoms with van der Waals surface area (Å²) in [4.78, 5) is 28.6. The molecular formula is C28H24N2O2. The van der Waals surface area contributed by atoms with Crippen molar-refractivity contribution in [2.24, 2.45) is 0 Å². The highest BCUT2D eigenvalue weighted by atomic mass is 16.2. The molecule has 158 valence electrons. The standard InChI is InChI=1S/C28H24N2O2/c1-21(22-13-5-2-6-14-22)29-27(31)25-19-11-12-20-26(25)28(32)30(23-15-7-3-8-16-23)24-17-9-4-10-18-24/h2-21H,1H3,(H,29,31)/t21-/m0/s1. The molecule has 0 spiro atoms. The van der Waals surface area contributed by atoms with Gasteiger partial charge in [-0.15, -0.1) is 0 Å². The lowest BCUT2D eigenvalue weighted by atomic mass is 10.0. The van der Waals surface area contributed by atoms with Gasteiger partial charge in [-0.05, 0) is 48.9 Å². The van der Waals surface area contributed by atoms with Gasteiger partial charge in [0, 0.05) is 11.4 Å². The van der Waals surface area contributed by atoms with Crippen LogP contribution < -0.4 is 10.2 Å². The van der Waals surface area contributed by atoms with Crippen molar-refractivity contribution in [2.45, 2.75) is 13.0 Å². The topological polar surface area (TPSA) is 49.4 Å². The van der Waals surface area contributed by atoms with E-state index in [2.05, 4.69) is 5.32 Å². The van der Waals surface area contributed by atoms with Gasteiger partial charge in [0.2, 0.25) is 0 Å². The number of anilines is 2. The fraction of sp³-hybridized carbons (Fsp3) is 0.0714. The first kappa shape index (κ1) is 21.1. The molecule has 0 unspecified atom stereocenters. The Morgan fingerprint density at radius 3 is 1.59 bits per heavy atom. The maximum atomic E-state index is 13.8. The predicted octanol–water partition coefficient (Wildman–Crippen LogP) is 6.16. The van der Waals surface area contributed by atoms with Gasteiger partial charge in [0.05, 0.1) is 17.2 Å². The Morgan fingerprint density at radius 2 is 1.06 bits per heavy atom. The fourth-order valence-electron chi connectivity index (χ4n) is 3.63. The molecule has 4 aromatic carbocycles. The van der Waals surface area contributed by atoms with Gasteiger partial charge in [-0.25, -0.2) is 0 Å². The number of amides is 2. The molecule has 4 heteroatoms. The molecule has 2 amide bonds. The normalized spacial score (nSPS) is 11.4. The monoisotopic (exact) mass is 420 g/mol. The van der Waals surface area contributed by atoms with E-state index in [1.54, 1.807) is 29.2 Å². The smallest absolute Gasteiger partial charge is 0.263 e. The summed E-state index contributed by atoms with van der Waals surface area (Å²) >= 11 is 0. The van der Waals surface area contributed by atoms with Crippen LogP contribution in [0.3, 0.4) is 0 Å². The molecule has 1 N–H and O–H groups in total. The van der Waals surface area contributed by atoms with E-state index in [0.717, 1.165) is 16.9 Å².